The van der Waals surface area contributed by atoms with Gasteiger partial charge in [0.2, 0.25) is 5.91 Å². The average Bonchev–Trinajstić information content (AvgIpc) is 2.46. The lowest BCUT2D eigenvalue weighted by atomic mass is 9.80. The first-order valence-corrected chi connectivity index (χ1v) is 8.48. The summed E-state index contributed by atoms with van der Waals surface area (Å²) in [5.41, 5.74) is -0.144. The highest BCUT2D eigenvalue weighted by Gasteiger charge is 2.35. The van der Waals surface area contributed by atoms with Crippen LogP contribution in [0.2, 0.25) is 0 Å². The van der Waals surface area contributed by atoms with Gasteiger partial charge in [0.15, 0.2) is 0 Å². The average molecular weight is 282 g/mol. The monoisotopic (exact) mass is 282 g/mol. The standard InChI is InChI=1S/C17H34N2O/c1-6-8-9-10-17(5,7-2)16(20)19-13-11-18(12-14-19)15(3)4/h15H,6-14H2,1-5H3. The molecular formula is C17H34N2O. The van der Waals surface area contributed by atoms with E-state index in [0.29, 0.717) is 11.9 Å². The molecule has 1 aliphatic heterocycles. The predicted octanol–water partition coefficient (Wildman–Crippen LogP) is 3.54. The lowest BCUT2D eigenvalue weighted by Gasteiger charge is -2.41. The number of rotatable bonds is 7. The van der Waals surface area contributed by atoms with Crippen LogP contribution in [-0.4, -0.2) is 47.9 Å². The van der Waals surface area contributed by atoms with Gasteiger partial charge in [0.1, 0.15) is 0 Å². The molecule has 1 saturated heterocycles. The lowest BCUT2D eigenvalue weighted by molar-refractivity contribution is -0.144. The molecule has 0 saturated carbocycles. The molecule has 0 aromatic heterocycles. The van der Waals surface area contributed by atoms with Crippen LogP contribution in [0.5, 0.6) is 0 Å². The first-order valence-electron chi connectivity index (χ1n) is 8.48. The molecule has 3 heteroatoms. The van der Waals surface area contributed by atoms with Crippen molar-refractivity contribution >= 4 is 5.91 Å². The fourth-order valence-corrected chi connectivity index (χ4v) is 3.02. The van der Waals surface area contributed by atoms with Crippen LogP contribution >= 0.6 is 0 Å². The fraction of sp³-hybridized carbons (Fsp3) is 0.941. The molecular weight excluding hydrogens is 248 g/mol. The summed E-state index contributed by atoms with van der Waals surface area (Å²) < 4.78 is 0. The maximum absolute atomic E-state index is 12.8. The molecule has 1 fully saturated rings. The molecule has 1 unspecified atom stereocenters. The van der Waals surface area contributed by atoms with Gasteiger partial charge in [-0.2, -0.15) is 0 Å². The van der Waals surface area contributed by atoms with Gasteiger partial charge in [-0.3, -0.25) is 9.69 Å². The number of amides is 1. The van der Waals surface area contributed by atoms with Gasteiger partial charge in [-0.15, -0.1) is 0 Å². The summed E-state index contributed by atoms with van der Waals surface area (Å²) in [6, 6.07) is 0.592. The Morgan fingerprint density at radius 1 is 1.10 bits per heavy atom. The number of hydrogen-bond donors (Lipinski definition) is 0. The molecule has 1 heterocycles. The van der Waals surface area contributed by atoms with Gasteiger partial charge in [-0.25, -0.2) is 0 Å². The first-order chi connectivity index (χ1) is 9.44. The highest BCUT2D eigenvalue weighted by atomic mass is 16.2. The number of nitrogens with zero attached hydrogens (tertiary/aromatic N) is 2. The Balaban J connectivity index is 2.54. The van der Waals surface area contributed by atoms with E-state index < -0.39 is 0 Å². The highest BCUT2D eigenvalue weighted by molar-refractivity contribution is 5.82. The third kappa shape index (κ3) is 4.47. The molecule has 1 aliphatic rings. The van der Waals surface area contributed by atoms with E-state index in [1.807, 2.05) is 0 Å². The quantitative estimate of drug-likeness (QED) is 0.667. The van der Waals surface area contributed by atoms with Crippen molar-refractivity contribution in [2.24, 2.45) is 5.41 Å². The second-order valence-electron chi connectivity index (χ2n) is 6.79. The molecule has 0 aliphatic carbocycles. The van der Waals surface area contributed by atoms with Crippen molar-refractivity contribution in [2.75, 3.05) is 26.2 Å². The number of piperazine rings is 1. The molecule has 1 rings (SSSR count). The lowest BCUT2D eigenvalue weighted by Crippen LogP contribution is -2.53. The first kappa shape index (κ1) is 17.5. The van der Waals surface area contributed by atoms with Crippen LogP contribution < -0.4 is 0 Å². The van der Waals surface area contributed by atoms with Crippen LogP contribution in [0.4, 0.5) is 0 Å². The van der Waals surface area contributed by atoms with Crippen molar-refractivity contribution in [3.63, 3.8) is 0 Å². The Labute approximate surface area is 125 Å². The number of unbranched alkanes of at least 4 members (excludes halogenated alkanes) is 2. The SMILES string of the molecule is CCCCCC(C)(CC)C(=O)N1CCN(C(C)C)CC1. The topological polar surface area (TPSA) is 23.6 Å². The maximum atomic E-state index is 12.8. The van der Waals surface area contributed by atoms with Crippen LogP contribution in [0.15, 0.2) is 0 Å². The normalized spacial score (nSPS) is 20.2. The third-order valence-corrected chi connectivity index (χ3v) is 4.96. The molecule has 0 spiro atoms. The van der Waals surface area contributed by atoms with Crippen LogP contribution in [0, 0.1) is 5.41 Å². The molecule has 0 N–H and O–H groups in total. The molecule has 118 valence electrons. The molecule has 1 atom stereocenters. The molecule has 20 heavy (non-hydrogen) atoms. The van der Waals surface area contributed by atoms with Crippen LogP contribution in [0.25, 0.3) is 0 Å². The fourth-order valence-electron chi connectivity index (χ4n) is 3.02. The van der Waals surface area contributed by atoms with E-state index in [2.05, 4.69) is 44.4 Å². The Morgan fingerprint density at radius 3 is 2.15 bits per heavy atom. The summed E-state index contributed by atoms with van der Waals surface area (Å²) in [7, 11) is 0. The number of carbonyl (C=O) groups excluding carboxylic acids is 1. The summed E-state index contributed by atoms with van der Waals surface area (Å²) in [6.45, 7) is 14.9. The Bertz CT molecular complexity index is 295. The molecule has 0 aromatic rings. The molecule has 1 amide bonds. The minimum atomic E-state index is -0.144. The Morgan fingerprint density at radius 2 is 1.70 bits per heavy atom. The van der Waals surface area contributed by atoms with Crippen molar-refractivity contribution in [3.8, 4) is 0 Å². The Kier molecular flexibility index (Phi) is 7.01. The summed E-state index contributed by atoms with van der Waals surface area (Å²) >= 11 is 0. The van der Waals surface area contributed by atoms with Gasteiger partial charge < -0.3 is 4.90 Å². The van der Waals surface area contributed by atoms with Gasteiger partial charge in [0, 0.05) is 37.6 Å². The zero-order valence-corrected chi connectivity index (χ0v) is 14.2. The maximum Gasteiger partial charge on any atom is 0.228 e. The van der Waals surface area contributed by atoms with Crippen LogP contribution in [0.1, 0.15) is 66.7 Å². The third-order valence-electron chi connectivity index (χ3n) is 4.96. The van der Waals surface area contributed by atoms with Crippen molar-refractivity contribution < 1.29 is 4.79 Å². The predicted molar refractivity (Wildman–Crippen MR) is 85.8 cm³/mol. The van der Waals surface area contributed by atoms with E-state index in [4.69, 9.17) is 0 Å². The highest BCUT2D eigenvalue weighted by Crippen LogP contribution is 2.31. The second kappa shape index (κ2) is 8.02. The number of hydrogen-bond acceptors (Lipinski definition) is 2. The minimum absolute atomic E-state index is 0.144. The van der Waals surface area contributed by atoms with Gasteiger partial charge >= 0.3 is 0 Å². The van der Waals surface area contributed by atoms with Crippen molar-refractivity contribution in [3.05, 3.63) is 0 Å². The van der Waals surface area contributed by atoms with Crippen molar-refractivity contribution in [2.45, 2.75) is 72.8 Å². The molecule has 0 aromatic carbocycles. The van der Waals surface area contributed by atoms with Crippen molar-refractivity contribution in [1.29, 1.82) is 0 Å². The van der Waals surface area contributed by atoms with Crippen LogP contribution in [-0.2, 0) is 4.79 Å². The van der Waals surface area contributed by atoms with E-state index >= 15 is 0 Å². The van der Waals surface area contributed by atoms with E-state index in [-0.39, 0.29) is 5.41 Å². The van der Waals surface area contributed by atoms with Gasteiger partial charge in [-0.05, 0) is 26.7 Å². The number of carbonyl (C=O) groups is 1. The second-order valence-corrected chi connectivity index (χ2v) is 6.79. The van der Waals surface area contributed by atoms with Gasteiger partial charge in [0.05, 0.1) is 0 Å². The summed E-state index contributed by atoms with van der Waals surface area (Å²) in [4.78, 5) is 17.4. The minimum Gasteiger partial charge on any atom is -0.340 e. The molecule has 3 nitrogen and oxygen atoms in total. The van der Waals surface area contributed by atoms with Gasteiger partial charge in [-0.1, -0.05) is 40.0 Å². The van der Waals surface area contributed by atoms with E-state index in [1.54, 1.807) is 0 Å². The van der Waals surface area contributed by atoms with Gasteiger partial charge in [0.25, 0.3) is 0 Å². The summed E-state index contributed by atoms with van der Waals surface area (Å²) in [5.74, 6) is 0.388. The van der Waals surface area contributed by atoms with Crippen molar-refractivity contribution in [1.82, 2.24) is 9.80 Å². The van der Waals surface area contributed by atoms with E-state index in [0.717, 1.165) is 39.0 Å². The van der Waals surface area contributed by atoms with E-state index in [9.17, 15) is 4.79 Å². The summed E-state index contributed by atoms with van der Waals surface area (Å²) in [6.07, 6.45) is 5.64. The zero-order chi connectivity index (χ0) is 15.2. The zero-order valence-electron chi connectivity index (χ0n) is 14.2. The van der Waals surface area contributed by atoms with Crippen LogP contribution in [0.3, 0.4) is 0 Å². The smallest absolute Gasteiger partial charge is 0.228 e. The molecule has 0 radical (unpaired) electrons. The molecule has 0 bridgehead atoms. The largest absolute Gasteiger partial charge is 0.340 e. The summed E-state index contributed by atoms with van der Waals surface area (Å²) in [5, 5.41) is 0. The van der Waals surface area contributed by atoms with E-state index in [1.165, 1.54) is 19.3 Å². The Hall–Kier alpha value is -0.570.